The number of hydrogen-bond donors (Lipinski definition) is 1. The quantitative estimate of drug-likeness (QED) is 0.769. The van der Waals surface area contributed by atoms with Gasteiger partial charge in [0.15, 0.2) is 6.10 Å². The van der Waals surface area contributed by atoms with E-state index in [0.29, 0.717) is 17.3 Å². The Hall–Kier alpha value is -2.08. The highest BCUT2D eigenvalue weighted by Gasteiger charge is 2.15. The van der Waals surface area contributed by atoms with E-state index >= 15 is 0 Å². The molecule has 0 radical (unpaired) electrons. The van der Waals surface area contributed by atoms with Crippen molar-refractivity contribution in [2.75, 3.05) is 26.3 Å². The van der Waals surface area contributed by atoms with Gasteiger partial charge in [-0.2, -0.15) is 0 Å². The number of halogens is 1. The van der Waals surface area contributed by atoms with Gasteiger partial charge in [0.25, 0.3) is 5.91 Å². The van der Waals surface area contributed by atoms with Gasteiger partial charge in [0.05, 0.1) is 13.2 Å². The molecule has 1 aliphatic rings. The van der Waals surface area contributed by atoms with Crippen LogP contribution in [0.3, 0.4) is 0 Å². The van der Waals surface area contributed by atoms with Gasteiger partial charge in [-0.1, -0.05) is 35.9 Å². The third-order valence-electron chi connectivity index (χ3n) is 4.81. The summed E-state index contributed by atoms with van der Waals surface area (Å²) in [5.74, 6) is 0.488. The number of aryl methyl sites for hydroxylation is 1. The number of amides is 1. The van der Waals surface area contributed by atoms with Crippen LogP contribution in [0.25, 0.3) is 0 Å². The molecule has 1 atom stereocenters. The summed E-state index contributed by atoms with van der Waals surface area (Å²) >= 11 is 6.02. The number of morpholine rings is 1. The second-order valence-corrected chi connectivity index (χ2v) is 7.50. The molecule has 0 bridgehead atoms. The van der Waals surface area contributed by atoms with Gasteiger partial charge in [0, 0.05) is 31.2 Å². The lowest BCUT2D eigenvalue weighted by molar-refractivity contribution is -0.127. The lowest BCUT2D eigenvalue weighted by atomic mass is 10.1. The van der Waals surface area contributed by atoms with Gasteiger partial charge in [-0.05, 0) is 48.7 Å². The van der Waals surface area contributed by atoms with Gasteiger partial charge in [0.2, 0.25) is 0 Å². The monoisotopic (exact) mass is 402 g/mol. The summed E-state index contributed by atoms with van der Waals surface area (Å²) in [6.07, 6.45) is -0.582. The average Bonchev–Trinajstić information content (AvgIpc) is 2.71. The fourth-order valence-electron chi connectivity index (χ4n) is 3.06. The Morgan fingerprint density at radius 3 is 2.54 bits per heavy atom. The van der Waals surface area contributed by atoms with E-state index in [9.17, 15) is 4.79 Å². The van der Waals surface area contributed by atoms with E-state index in [0.717, 1.165) is 44.0 Å². The fourth-order valence-corrected chi connectivity index (χ4v) is 3.18. The SMILES string of the molecule is Cc1cc(O[C@H](C)C(=O)NCc2ccc(CN3CCOCC3)cc2)ccc1Cl. The lowest BCUT2D eigenvalue weighted by Gasteiger charge is -2.26. The normalized spacial score (nSPS) is 15.8. The molecular formula is C22H27ClN2O3. The van der Waals surface area contributed by atoms with E-state index in [-0.39, 0.29) is 5.91 Å². The number of carbonyl (C=O) groups is 1. The molecule has 150 valence electrons. The van der Waals surface area contributed by atoms with Crippen LogP contribution in [0.4, 0.5) is 0 Å². The van der Waals surface area contributed by atoms with Crippen molar-refractivity contribution < 1.29 is 14.3 Å². The zero-order chi connectivity index (χ0) is 19.9. The number of hydrogen-bond acceptors (Lipinski definition) is 4. The zero-order valence-corrected chi connectivity index (χ0v) is 17.2. The molecule has 1 saturated heterocycles. The molecule has 0 spiro atoms. The number of nitrogens with one attached hydrogen (secondary N) is 1. The molecule has 2 aromatic rings. The van der Waals surface area contributed by atoms with Crippen molar-refractivity contribution in [3.63, 3.8) is 0 Å². The summed E-state index contributed by atoms with van der Waals surface area (Å²) in [4.78, 5) is 14.7. The predicted molar refractivity (Wildman–Crippen MR) is 111 cm³/mol. The van der Waals surface area contributed by atoms with Crippen LogP contribution in [-0.2, 0) is 22.6 Å². The maximum atomic E-state index is 12.3. The van der Waals surface area contributed by atoms with E-state index in [1.165, 1.54) is 5.56 Å². The number of benzene rings is 2. The summed E-state index contributed by atoms with van der Waals surface area (Å²) < 4.78 is 11.1. The summed E-state index contributed by atoms with van der Waals surface area (Å²) in [5, 5.41) is 3.61. The molecule has 0 saturated carbocycles. The molecule has 1 amide bonds. The van der Waals surface area contributed by atoms with Crippen molar-refractivity contribution in [2.45, 2.75) is 33.0 Å². The highest BCUT2D eigenvalue weighted by molar-refractivity contribution is 6.31. The van der Waals surface area contributed by atoms with Crippen molar-refractivity contribution in [2.24, 2.45) is 0 Å². The number of ether oxygens (including phenoxy) is 2. The van der Waals surface area contributed by atoms with Crippen molar-refractivity contribution >= 4 is 17.5 Å². The van der Waals surface area contributed by atoms with Gasteiger partial charge < -0.3 is 14.8 Å². The molecule has 0 aliphatic carbocycles. The fraction of sp³-hybridized carbons (Fsp3) is 0.409. The Kier molecular flexibility index (Phi) is 7.31. The van der Waals surface area contributed by atoms with E-state index in [1.54, 1.807) is 19.1 Å². The molecule has 2 aromatic carbocycles. The summed E-state index contributed by atoms with van der Waals surface area (Å²) in [6, 6.07) is 13.7. The molecule has 5 nitrogen and oxygen atoms in total. The molecule has 0 aromatic heterocycles. The maximum Gasteiger partial charge on any atom is 0.261 e. The molecule has 3 rings (SSSR count). The molecule has 0 unspecified atom stereocenters. The molecule has 6 heteroatoms. The second kappa shape index (κ2) is 9.92. The van der Waals surface area contributed by atoms with Crippen LogP contribution in [0.2, 0.25) is 5.02 Å². The molecule has 1 fully saturated rings. The lowest BCUT2D eigenvalue weighted by Crippen LogP contribution is -2.36. The van der Waals surface area contributed by atoms with Gasteiger partial charge in [-0.3, -0.25) is 9.69 Å². The molecule has 28 heavy (non-hydrogen) atoms. The highest BCUT2D eigenvalue weighted by atomic mass is 35.5. The smallest absolute Gasteiger partial charge is 0.261 e. The summed E-state index contributed by atoms with van der Waals surface area (Å²) in [5.41, 5.74) is 3.25. The summed E-state index contributed by atoms with van der Waals surface area (Å²) in [6.45, 7) is 8.62. The molecular weight excluding hydrogens is 376 g/mol. The van der Waals surface area contributed by atoms with E-state index in [1.807, 2.05) is 13.0 Å². The van der Waals surface area contributed by atoms with E-state index in [4.69, 9.17) is 21.1 Å². The van der Waals surface area contributed by atoms with Crippen LogP contribution in [0.15, 0.2) is 42.5 Å². The van der Waals surface area contributed by atoms with Gasteiger partial charge in [-0.15, -0.1) is 0 Å². The van der Waals surface area contributed by atoms with Gasteiger partial charge in [0.1, 0.15) is 5.75 Å². The first-order valence-electron chi connectivity index (χ1n) is 9.60. The van der Waals surface area contributed by atoms with Crippen molar-refractivity contribution in [1.82, 2.24) is 10.2 Å². The first-order valence-corrected chi connectivity index (χ1v) is 9.97. The van der Waals surface area contributed by atoms with Crippen LogP contribution < -0.4 is 10.1 Å². The molecule has 1 N–H and O–H groups in total. The Morgan fingerprint density at radius 2 is 1.86 bits per heavy atom. The minimum absolute atomic E-state index is 0.148. The van der Waals surface area contributed by atoms with Crippen molar-refractivity contribution in [1.29, 1.82) is 0 Å². The number of carbonyl (C=O) groups excluding carboxylic acids is 1. The first kappa shape index (κ1) is 20.6. The molecule has 1 heterocycles. The maximum absolute atomic E-state index is 12.3. The van der Waals surface area contributed by atoms with E-state index < -0.39 is 6.10 Å². The standard InChI is InChI=1S/C22H27ClN2O3/c1-16-13-20(7-8-21(16)23)28-17(2)22(26)24-14-18-3-5-19(6-4-18)15-25-9-11-27-12-10-25/h3-8,13,17H,9-12,14-15H2,1-2H3,(H,24,26)/t17-/m1/s1. The Bertz CT molecular complexity index is 789. The largest absolute Gasteiger partial charge is 0.481 e. The predicted octanol–water partition coefficient (Wildman–Crippen LogP) is 3.56. The Morgan fingerprint density at radius 1 is 1.18 bits per heavy atom. The van der Waals surface area contributed by atoms with Crippen LogP contribution in [0.1, 0.15) is 23.6 Å². The van der Waals surface area contributed by atoms with Crippen molar-refractivity contribution in [3.8, 4) is 5.75 Å². The summed E-state index contributed by atoms with van der Waals surface area (Å²) in [7, 11) is 0. The van der Waals surface area contributed by atoms with Crippen LogP contribution >= 0.6 is 11.6 Å². The van der Waals surface area contributed by atoms with Crippen LogP contribution in [0, 0.1) is 6.92 Å². The average molecular weight is 403 g/mol. The van der Waals surface area contributed by atoms with Crippen LogP contribution in [0.5, 0.6) is 5.75 Å². The van der Waals surface area contributed by atoms with E-state index in [2.05, 4.69) is 34.5 Å². The van der Waals surface area contributed by atoms with Gasteiger partial charge >= 0.3 is 0 Å². The number of rotatable bonds is 7. The molecule has 1 aliphatic heterocycles. The first-order chi connectivity index (χ1) is 13.5. The highest BCUT2D eigenvalue weighted by Crippen LogP contribution is 2.22. The number of nitrogens with zero attached hydrogens (tertiary/aromatic N) is 1. The van der Waals surface area contributed by atoms with Crippen LogP contribution in [-0.4, -0.2) is 43.2 Å². The Balaban J connectivity index is 1.46. The minimum Gasteiger partial charge on any atom is -0.481 e. The topological polar surface area (TPSA) is 50.8 Å². The van der Waals surface area contributed by atoms with Gasteiger partial charge in [-0.25, -0.2) is 0 Å². The Labute approximate surface area is 171 Å². The second-order valence-electron chi connectivity index (χ2n) is 7.09. The third kappa shape index (κ3) is 5.96. The van der Waals surface area contributed by atoms with Crippen molar-refractivity contribution in [3.05, 3.63) is 64.2 Å². The minimum atomic E-state index is -0.582. The third-order valence-corrected chi connectivity index (χ3v) is 5.24. The zero-order valence-electron chi connectivity index (χ0n) is 16.4.